The third kappa shape index (κ3) is 3.59. The van der Waals surface area contributed by atoms with Gasteiger partial charge in [-0.1, -0.05) is 22.0 Å². The molecule has 1 aliphatic rings. The van der Waals surface area contributed by atoms with Gasteiger partial charge in [-0.2, -0.15) is 0 Å². The fraction of sp³-hybridized carbons (Fsp3) is 0.533. The van der Waals surface area contributed by atoms with Crippen LogP contribution in [0, 0.1) is 0 Å². The van der Waals surface area contributed by atoms with Crippen molar-refractivity contribution in [3.63, 3.8) is 0 Å². The summed E-state index contributed by atoms with van der Waals surface area (Å²) in [6.07, 6.45) is 2.44. The number of ether oxygens (including phenoxy) is 2. The highest BCUT2D eigenvalue weighted by atomic mass is 79.9. The van der Waals surface area contributed by atoms with Gasteiger partial charge in [-0.05, 0) is 30.5 Å². The van der Waals surface area contributed by atoms with Crippen molar-refractivity contribution < 1.29 is 14.3 Å². The summed E-state index contributed by atoms with van der Waals surface area (Å²) >= 11 is 3.54. The van der Waals surface area contributed by atoms with E-state index in [2.05, 4.69) is 20.8 Å². The number of rotatable bonds is 4. The van der Waals surface area contributed by atoms with Gasteiger partial charge >= 0.3 is 5.97 Å². The molecule has 0 amide bonds. The lowest BCUT2D eigenvalue weighted by molar-refractivity contribution is 0.0384. The van der Waals surface area contributed by atoms with Crippen LogP contribution in [0.1, 0.15) is 28.8 Å². The van der Waals surface area contributed by atoms with Crippen molar-refractivity contribution in [2.24, 2.45) is 0 Å². The molecule has 0 radical (unpaired) electrons. The van der Waals surface area contributed by atoms with Crippen LogP contribution < -0.4 is 0 Å². The number of hydrogen-bond donors (Lipinski definition) is 0. The third-order valence-corrected chi connectivity index (χ3v) is 4.52. The van der Waals surface area contributed by atoms with Crippen LogP contribution in [0.25, 0.3) is 0 Å². The fourth-order valence-corrected chi connectivity index (χ4v) is 3.04. The number of hydrogen-bond acceptors (Lipinski definition) is 4. The largest absolute Gasteiger partial charge is 0.465 e. The van der Waals surface area contributed by atoms with E-state index in [0.717, 1.165) is 42.5 Å². The van der Waals surface area contributed by atoms with Crippen molar-refractivity contribution in [3.8, 4) is 0 Å². The van der Waals surface area contributed by atoms with E-state index in [1.807, 2.05) is 18.2 Å². The van der Waals surface area contributed by atoms with Crippen LogP contribution in [0.15, 0.2) is 22.7 Å². The Kier molecular flexibility index (Phi) is 5.57. The molecule has 1 aromatic rings. The third-order valence-electron chi connectivity index (χ3n) is 3.77. The van der Waals surface area contributed by atoms with Crippen LogP contribution >= 0.6 is 15.9 Å². The van der Waals surface area contributed by atoms with Gasteiger partial charge in [0.05, 0.1) is 18.8 Å². The molecule has 110 valence electrons. The predicted molar refractivity (Wildman–Crippen MR) is 80.8 cm³/mol. The van der Waals surface area contributed by atoms with Crippen LogP contribution in [0.5, 0.6) is 0 Å². The van der Waals surface area contributed by atoms with E-state index in [4.69, 9.17) is 9.47 Å². The first kappa shape index (κ1) is 15.5. The minimum atomic E-state index is -0.284. The Morgan fingerprint density at radius 1 is 1.35 bits per heavy atom. The van der Waals surface area contributed by atoms with E-state index in [0.29, 0.717) is 11.7 Å². The number of nitrogens with zero attached hydrogens (tertiary/aromatic N) is 1. The predicted octanol–water partition coefficient (Wildman–Crippen LogP) is 2.85. The van der Waals surface area contributed by atoms with Crippen LogP contribution in [-0.4, -0.2) is 44.3 Å². The molecule has 1 aliphatic heterocycles. The summed E-state index contributed by atoms with van der Waals surface area (Å²) in [5.74, 6) is -0.284. The van der Waals surface area contributed by atoms with Gasteiger partial charge in [-0.3, -0.25) is 4.90 Å². The first-order valence-electron chi connectivity index (χ1n) is 6.76. The fourth-order valence-electron chi connectivity index (χ4n) is 2.55. The summed E-state index contributed by atoms with van der Waals surface area (Å²) in [5, 5.41) is 0. The molecule has 20 heavy (non-hydrogen) atoms. The lowest BCUT2D eigenvalue weighted by Crippen LogP contribution is -2.36. The topological polar surface area (TPSA) is 38.8 Å². The van der Waals surface area contributed by atoms with E-state index >= 15 is 0 Å². The number of piperidine rings is 1. The summed E-state index contributed by atoms with van der Waals surface area (Å²) in [6.45, 7) is 2.73. The average Bonchev–Trinajstić information content (AvgIpc) is 2.49. The second kappa shape index (κ2) is 7.20. The molecule has 0 spiro atoms. The molecule has 0 aromatic heterocycles. The molecule has 0 N–H and O–H groups in total. The van der Waals surface area contributed by atoms with Crippen molar-refractivity contribution >= 4 is 21.9 Å². The molecule has 0 aliphatic carbocycles. The molecule has 2 rings (SSSR count). The number of benzene rings is 1. The van der Waals surface area contributed by atoms with E-state index in [-0.39, 0.29) is 5.97 Å². The van der Waals surface area contributed by atoms with E-state index < -0.39 is 0 Å². The zero-order chi connectivity index (χ0) is 14.5. The number of esters is 1. The lowest BCUT2D eigenvalue weighted by atomic mass is 10.0. The van der Waals surface area contributed by atoms with Crippen molar-refractivity contribution in [1.29, 1.82) is 0 Å². The molecule has 0 saturated carbocycles. The van der Waals surface area contributed by atoms with Crippen LogP contribution in [0.4, 0.5) is 0 Å². The molecule has 0 bridgehead atoms. The van der Waals surface area contributed by atoms with Gasteiger partial charge in [0, 0.05) is 31.2 Å². The average molecular weight is 342 g/mol. The molecular weight excluding hydrogens is 322 g/mol. The molecule has 5 heteroatoms. The zero-order valence-corrected chi connectivity index (χ0v) is 13.5. The first-order valence-corrected chi connectivity index (χ1v) is 7.56. The zero-order valence-electron chi connectivity index (χ0n) is 11.9. The highest BCUT2D eigenvalue weighted by Crippen LogP contribution is 2.25. The quantitative estimate of drug-likeness (QED) is 0.789. The molecule has 4 nitrogen and oxygen atoms in total. The van der Waals surface area contributed by atoms with Gasteiger partial charge in [0.25, 0.3) is 0 Å². The molecular formula is C15H20BrNO3. The Balaban J connectivity index is 2.11. The maximum absolute atomic E-state index is 11.8. The summed E-state index contributed by atoms with van der Waals surface area (Å²) in [7, 11) is 3.18. The van der Waals surface area contributed by atoms with Crippen LogP contribution in [-0.2, 0) is 16.0 Å². The Labute approximate surface area is 128 Å². The van der Waals surface area contributed by atoms with Crippen LogP contribution in [0.2, 0.25) is 0 Å². The number of carbonyl (C=O) groups excluding carboxylic acids is 1. The Hall–Kier alpha value is -0.910. The maximum atomic E-state index is 11.8. The van der Waals surface area contributed by atoms with Crippen molar-refractivity contribution in [3.05, 3.63) is 33.8 Å². The highest BCUT2D eigenvalue weighted by Gasteiger charge is 2.22. The lowest BCUT2D eigenvalue weighted by Gasteiger charge is -2.31. The normalized spacial score (nSPS) is 17.1. The molecule has 1 heterocycles. The van der Waals surface area contributed by atoms with Gasteiger partial charge in [-0.25, -0.2) is 4.79 Å². The molecule has 1 aromatic carbocycles. The van der Waals surface area contributed by atoms with Gasteiger partial charge in [-0.15, -0.1) is 0 Å². The van der Waals surface area contributed by atoms with E-state index in [1.165, 1.54) is 7.11 Å². The monoisotopic (exact) mass is 341 g/mol. The smallest absolute Gasteiger partial charge is 0.338 e. The second-order valence-corrected chi connectivity index (χ2v) is 5.82. The van der Waals surface area contributed by atoms with Gasteiger partial charge in [0.2, 0.25) is 0 Å². The summed E-state index contributed by atoms with van der Waals surface area (Å²) < 4.78 is 11.2. The maximum Gasteiger partial charge on any atom is 0.338 e. The van der Waals surface area contributed by atoms with Gasteiger partial charge < -0.3 is 9.47 Å². The first-order chi connectivity index (χ1) is 9.65. The van der Waals surface area contributed by atoms with Crippen LogP contribution in [0.3, 0.4) is 0 Å². The summed E-state index contributed by atoms with van der Waals surface area (Å²) in [5.41, 5.74) is 1.63. The number of likely N-dealkylation sites (tertiary alicyclic amines) is 1. The van der Waals surface area contributed by atoms with Crippen molar-refractivity contribution in [2.75, 3.05) is 27.3 Å². The molecule has 0 atom stereocenters. The Morgan fingerprint density at radius 2 is 2.05 bits per heavy atom. The van der Waals surface area contributed by atoms with E-state index in [9.17, 15) is 4.79 Å². The minimum absolute atomic E-state index is 0.284. The Morgan fingerprint density at radius 3 is 2.65 bits per heavy atom. The van der Waals surface area contributed by atoms with Gasteiger partial charge in [0.1, 0.15) is 0 Å². The number of carbonyl (C=O) groups is 1. The number of halogens is 1. The summed E-state index contributed by atoms with van der Waals surface area (Å²) in [6, 6.07) is 5.63. The highest BCUT2D eigenvalue weighted by molar-refractivity contribution is 9.10. The van der Waals surface area contributed by atoms with Crippen molar-refractivity contribution in [1.82, 2.24) is 4.90 Å². The molecule has 1 saturated heterocycles. The summed E-state index contributed by atoms with van der Waals surface area (Å²) in [4.78, 5) is 14.2. The number of methoxy groups -OCH3 is 2. The Bertz CT molecular complexity index is 470. The second-order valence-electron chi connectivity index (χ2n) is 4.97. The molecule has 1 fully saturated rings. The van der Waals surface area contributed by atoms with E-state index in [1.54, 1.807) is 7.11 Å². The SMILES string of the molecule is COC(=O)c1cccc(Br)c1CN1CCC(OC)CC1. The minimum Gasteiger partial charge on any atom is -0.465 e. The standard InChI is InChI=1S/C15H20BrNO3/c1-19-11-6-8-17(9-7-11)10-13-12(15(18)20-2)4-3-5-14(13)16/h3-5,11H,6-10H2,1-2H3. The molecule has 0 unspecified atom stereocenters. The van der Waals surface area contributed by atoms with Gasteiger partial charge in [0.15, 0.2) is 0 Å². The van der Waals surface area contributed by atoms with Crippen molar-refractivity contribution in [2.45, 2.75) is 25.5 Å².